The maximum Gasteiger partial charge on any atom is 0.124 e. The van der Waals surface area contributed by atoms with Gasteiger partial charge in [0.1, 0.15) is 11.4 Å². The van der Waals surface area contributed by atoms with Gasteiger partial charge in [-0.2, -0.15) is 0 Å². The van der Waals surface area contributed by atoms with E-state index in [0.29, 0.717) is 6.42 Å². The summed E-state index contributed by atoms with van der Waals surface area (Å²) in [5.74, 6) is -0.0346. The van der Waals surface area contributed by atoms with Gasteiger partial charge in [-0.25, -0.2) is 0 Å². The Morgan fingerprint density at radius 3 is 2.85 bits per heavy atom. The van der Waals surface area contributed by atoms with Gasteiger partial charge in [-0.15, -0.1) is 0 Å². The van der Waals surface area contributed by atoms with Crippen molar-refractivity contribution < 1.29 is 15.3 Å². The summed E-state index contributed by atoms with van der Waals surface area (Å²) in [6, 6.07) is 0. The SMILES string of the molecule is CC1(O)CC=C(/C=C/CO)C=C1O. The molecule has 0 aromatic heterocycles. The number of aliphatic hydroxyl groups is 3. The molecule has 3 N–H and O–H groups in total. The number of aliphatic hydroxyl groups excluding tert-OH is 2. The van der Waals surface area contributed by atoms with Crippen LogP contribution in [0.15, 0.2) is 35.6 Å². The van der Waals surface area contributed by atoms with Gasteiger partial charge < -0.3 is 15.3 Å². The molecule has 1 aliphatic rings. The molecule has 1 aliphatic carbocycles. The second-order valence-electron chi connectivity index (χ2n) is 3.30. The summed E-state index contributed by atoms with van der Waals surface area (Å²) in [6.07, 6.45) is 6.98. The van der Waals surface area contributed by atoms with Gasteiger partial charge in [0.25, 0.3) is 0 Å². The first-order chi connectivity index (χ1) is 6.06. The first-order valence-electron chi connectivity index (χ1n) is 4.17. The molecule has 72 valence electrons. The molecular weight excluding hydrogens is 168 g/mol. The zero-order valence-electron chi connectivity index (χ0n) is 7.57. The topological polar surface area (TPSA) is 60.7 Å². The molecule has 3 nitrogen and oxygen atoms in total. The molecule has 0 radical (unpaired) electrons. The quantitative estimate of drug-likeness (QED) is 0.598. The summed E-state index contributed by atoms with van der Waals surface area (Å²) in [5.41, 5.74) is -0.339. The van der Waals surface area contributed by atoms with E-state index in [4.69, 9.17) is 5.11 Å². The number of hydrogen-bond donors (Lipinski definition) is 3. The molecule has 0 spiro atoms. The molecule has 1 unspecified atom stereocenters. The van der Waals surface area contributed by atoms with Crippen LogP contribution in [0.3, 0.4) is 0 Å². The maximum atomic E-state index is 9.55. The van der Waals surface area contributed by atoms with E-state index in [1.54, 1.807) is 19.1 Å². The minimum atomic E-state index is -1.14. The summed E-state index contributed by atoms with van der Waals surface area (Å²) in [4.78, 5) is 0. The van der Waals surface area contributed by atoms with Crippen LogP contribution < -0.4 is 0 Å². The molecule has 0 aromatic carbocycles. The minimum absolute atomic E-state index is 0.0255. The Bertz CT molecular complexity index is 272. The van der Waals surface area contributed by atoms with Crippen LogP contribution in [0.25, 0.3) is 0 Å². The van der Waals surface area contributed by atoms with Gasteiger partial charge >= 0.3 is 0 Å². The summed E-state index contributed by atoms with van der Waals surface area (Å²) < 4.78 is 0. The van der Waals surface area contributed by atoms with Crippen LogP contribution in [0.2, 0.25) is 0 Å². The normalized spacial score (nSPS) is 28.8. The fraction of sp³-hybridized carbons (Fsp3) is 0.400. The highest BCUT2D eigenvalue weighted by molar-refractivity contribution is 5.37. The lowest BCUT2D eigenvalue weighted by Gasteiger charge is -2.24. The predicted octanol–water partition coefficient (Wildman–Crippen LogP) is 1.06. The molecule has 0 heterocycles. The third-order valence-electron chi connectivity index (χ3n) is 2.01. The lowest BCUT2D eigenvalue weighted by Crippen LogP contribution is -2.28. The lowest BCUT2D eigenvalue weighted by atomic mass is 9.92. The van der Waals surface area contributed by atoms with Gasteiger partial charge in [0.15, 0.2) is 0 Å². The third-order valence-corrected chi connectivity index (χ3v) is 2.01. The largest absolute Gasteiger partial charge is 0.509 e. The maximum absolute atomic E-state index is 9.55. The van der Waals surface area contributed by atoms with Crippen LogP contribution in [0.5, 0.6) is 0 Å². The van der Waals surface area contributed by atoms with E-state index in [2.05, 4.69) is 0 Å². The Hall–Kier alpha value is -1.06. The summed E-state index contributed by atoms with van der Waals surface area (Å²) in [5, 5.41) is 27.4. The van der Waals surface area contributed by atoms with Crippen molar-refractivity contribution in [3.63, 3.8) is 0 Å². The molecule has 0 aromatic rings. The third kappa shape index (κ3) is 2.44. The molecule has 0 aliphatic heterocycles. The molecule has 0 amide bonds. The van der Waals surface area contributed by atoms with Crippen LogP contribution in [0, 0.1) is 0 Å². The van der Waals surface area contributed by atoms with Crippen molar-refractivity contribution in [3.05, 3.63) is 35.6 Å². The fourth-order valence-electron chi connectivity index (χ4n) is 1.10. The Kier molecular flexibility index (Phi) is 2.90. The molecular formula is C10H14O3. The standard InChI is InChI=1S/C10H14O3/c1-10(13)5-4-8(3-2-6-11)7-9(10)12/h2-4,7,11-13H,5-6H2,1H3/b3-2+. The van der Waals surface area contributed by atoms with E-state index in [-0.39, 0.29) is 12.4 Å². The van der Waals surface area contributed by atoms with Crippen molar-refractivity contribution in [3.8, 4) is 0 Å². The Balaban J connectivity index is 2.76. The van der Waals surface area contributed by atoms with Gasteiger partial charge in [-0.1, -0.05) is 18.2 Å². The summed E-state index contributed by atoms with van der Waals surface area (Å²) in [6.45, 7) is 1.53. The summed E-state index contributed by atoms with van der Waals surface area (Å²) in [7, 11) is 0. The Labute approximate surface area is 77.3 Å². The average Bonchev–Trinajstić information content (AvgIpc) is 2.07. The highest BCUT2D eigenvalue weighted by Gasteiger charge is 2.26. The predicted molar refractivity (Wildman–Crippen MR) is 50.3 cm³/mol. The van der Waals surface area contributed by atoms with Crippen molar-refractivity contribution in [2.24, 2.45) is 0 Å². The molecule has 0 saturated heterocycles. The highest BCUT2D eigenvalue weighted by Crippen LogP contribution is 2.26. The van der Waals surface area contributed by atoms with E-state index in [1.807, 2.05) is 6.08 Å². The van der Waals surface area contributed by atoms with Crippen molar-refractivity contribution in [2.45, 2.75) is 18.9 Å². The molecule has 1 atom stereocenters. The van der Waals surface area contributed by atoms with Crippen molar-refractivity contribution in [1.29, 1.82) is 0 Å². The molecule has 13 heavy (non-hydrogen) atoms. The first-order valence-corrected chi connectivity index (χ1v) is 4.17. The summed E-state index contributed by atoms with van der Waals surface area (Å²) >= 11 is 0. The van der Waals surface area contributed by atoms with E-state index in [9.17, 15) is 10.2 Å². The fourth-order valence-corrected chi connectivity index (χ4v) is 1.10. The number of rotatable bonds is 2. The molecule has 1 rings (SSSR count). The van der Waals surface area contributed by atoms with Crippen LogP contribution in [-0.4, -0.2) is 27.5 Å². The van der Waals surface area contributed by atoms with Gasteiger partial charge in [-0.3, -0.25) is 0 Å². The second-order valence-corrected chi connectivity index (χ2v) is 3.30. The van der Waals surface area contributed by atoms with Crippen LogP contribution in [-0.2, 0) is 0 Å². The molecule has 3 heteroatoms. The Morgan fingerprint density at radius 2 is 2.31 bits per heavy atom. The minimum Gasteiger partial charge on any atom is -0.509 e. The van der Waals surface area contributed by atoms with Gasteiger partial charge in [0.2, 0.25) is 0 Å². The van der Waals surface area contributed by atoms with Gasteiger partial charge in [0, 0.05) is 6.42 Å². The van der Waals surface area contributed by atoms with Gasteiger partial charge in [0.05, 0.1) is 6.61 Å². The van der Waals surface area contributed by atoms with Crippen molar-refractivity contribution >= 4 is 0 Å². The van der Waals surface area contributed by atoms with E-state index in [0.717, 1.165) is 5.57 Å². The first kappa shape index (κ1) is 10.0. The van der Waals surface area contributed by atoms with Crippen molar-refractivity contribution in [1.82, 2.24) is 0 Å². The smallest absolute Gasteiger partial charge is 0.124 e. The highest BCUT2D eigenvalue weighted by atomic mass is 16.3. The van der Waals surface area contributed by atoms with Crippen molar-refractivity contribution in [2.75, 3.05) is 6.61 Å². The Morgan fingerprint density at radius 1 is 1.62 bits per heavy atom. The van der Waals surface area contributed by atoms with Crippen LogP contribution in [0.4, 0.5) is 0 Å². The van der Waals surface area contributed by atoms with Crippen LogP contribution >= 0.6 is 0 Å². The average molecular weight is 182 g/mol. The van der Waals surface area contributed by atoms with E-state index in [1.165, 1.54) is 6.08 Å². The zero-order chi connectivity index (χ0) is 9.90. The monoisotopic (exact) mass is 182 g/mol. The molecule has 0 saturated carbocycles. The zero-order valence-corrected chi connectivity index (χ0v) is 7.57. The van der Waals surface area contributed by atoms with Gasteiger partial charge in [-0.05, 0) is 18.6 Å². The number of hydrogen-bond acceptors (Lipinski definition) is 3. The second kappa shape index (κ2) is 3.77. The number of allylic oxidation sites excluding steroid dienone is 3. The van der Waals surface area contributed by atoms with Crippen LogP contribution in [0.1, 0.15) is 13.3 Å². The lowest BCUT2D eigenvalue weighted by molar-refractivity contribution is 0.0538. The molecule has 0 fully saturated rings. The molecule has 0 bridgehead atoms. The van der Waals surface area contributed by atoms with E-state index >= 15 is 0 Å². The van der Waals surface area contributed by atoms with E-state index < -0.39 is 5.60 Å².